The van der Waals surface area contributed by atoms with Crippen molar-refractivity contribution < 1.29 is 123 Å². The Morgan fingerprint density at radius 1 is 0.447 bits per heavy atom. The molecule has 0 bridgehead atoms. The third-order valence-corrected chi connectivity index (χ3v) is 10.4. The van der Waals surface area contributed by atoms with E-state index in [-0.39, 0.29) is 22.8 Å². The van der Waals surface area contributed by atoms with Crippen molar-refractivity contribution in [2.75, 3.05) is 13.2 Å². The van der Waals surface area contributed by atoms with Crippen LogP contribution in [0.3, 0.4) is 0 Å². The average molecular weight is 1070 g/mol. The predicted molar refractivity (Wildman–Crippen MR) is 245 cm³/mol. The predicted octanol–water partition coefficient (Wildman–Crippen LogP) is 2.50. The summed E-state index contributed by atoms with van der Waals surface area (Å²) in [6.45, 7) is 9.32. The van der Waals surface area contributed by atoms with Gasteiger partial charge in [-0.2, -0.15) is 0 Å². The van der Waals surface area contributed by atoms with Crippen molar-refractivity contribution in [1.29, 1.82) is 0 Å². The van der Waals surface area contributed by atoms with Gasteiger partial charge in [0.05, 0.1) is 12.2 Å². The first-order chi connectivity index (χ1) is 35.6. The fourth-order valence-corrected chi connectivity index (χ4v) is 8.09. The number of carbonyl (C=O) groups excluding carboxylic acids is 11. The molecule has 2 fully saturated rings. The molecule has 0 N–H and O–H groups in total. The molecule has 0 radical (unpaired) electrons. The molecule has 0 aliphatic carbocycles. The van der Waals surface area contributed by atoms with E-state index in [1.165, 1.54) is 18.2 Å². The van der Waals surface area contributed by atoms with E-state index in [9.17, 15) is 57.5 Å². The summed E-state index contributed by atoms with van der Waals surface area (Å²) in [6, 6.07) is 5.71. The van der Waals surface area contributed by atoms with Gasteiger partial charge in [-0.05, 0) is 18.2 Å². The molecule has 5 rings (SSSR count). The summed E-state index contributed by atoms with van der Waals surface area (Å²) < 4.78 is 85.2. The number of hydrogen-bond acceptors (Lipinski definition) is 27. The van der Waals surface area contributed by atoms with Gasteiger partial charge in [-0.3, -0.25) is 57.5 Å². The maximum Gasteiger partial charge on any atom is 0.308 e. The van der Waals surface area contributed by atoms with Gasteiger partial charge in [0.25, 0.3) is 0 Å². The zero-order valence-corrected chi connectivity index (χ0v) is 42.6. The monoisotopic (exact) mass is 1070 g/mol. The molecular weight excluding hydrogens is 1020 g/mol. The van der Waals surface area contributed by atoms with Gasteiger partial charge in [0.1, 0.15) is 47.4 Å². The number of ether oxygens (including phenoxy) is 14. The number of esters is 11. The van der Waals surface area contributed by atoms with Gasteiger partial charge >= 0.3 is 65.7 Å². The number of hydrogen-bond donors (Lipinski definition) is 0. The zero-order chi connectivity index (χ0) is 56.5. The number of carbonyl (C=O) groups is 11. The second kappa shape index (κ2) is 25.3. The van der Waals surface area contributed by atoms with Crippen LogP contribution in [0.5, 0.6) is 23.0 Å². The van der Waals surface area contributed by atoms with Crippen LogP contribution in [0.25, 0.3) is 22.3 Å². The lowest BCUT2D eigenvalue weighted by molar-refractivity contribution is -0.320. The van der Waals surface area contributed by atoms with Crippen LogP contribution in [0, 0.1) is 0 Å². The molecule has 3 heterocycles. The van der Waals surface area contributed by atoms with E-state index in [0.717, 1.165) is 88.3 Å². The maximum absolute atomic E-state index is 14.5. The third kappa shape index (κ3) is 15.2. The van der Waals surface area contributed by atoms with Gasteiger partial charge in [0.15, 0.2) is 65.6 Å². The Labute approximate surface area is 430 Å². The lowest BCUT2D eigenvalue weighted by atomic mass is 9.88. The van der Waals surface area contributed by atoms with Crippen molar-refractivity contribution in [2.24, 2.45) is 0 Å². The Hall–Kier alpha value is -8.30. The molecule has 410 valence electrons. The Morgan fingerprint density at radius 3 is 1.42 bits per heavy atom. The average Bonchev–Trinajstić information content (AvgIpc) is 3.27. The fourth-order valence-electron chi connectivity index (χ4n) is 8.09. The highest BCUT2D eigenvalue weighted by atomic mass is 16.7. The van der Waals surface area contributed by atoms with Gasteiger partial charge in [-0.25, -0.2) is 0 Å². The molecule has 2 saturated heterocycles. The van der Waals surface area contributed by atoms with Gasteiger partial charge in [-0.15, -0.1) is 0 Å². The SMILES string of the molecule is CC(=O)OCC1OC(OCC2OC(c3c(OC(C)=O)cc4oc(-c5ccc(OC(C)=O)c(OC(C)=O)c5)cc(=O)c4c3OC(C)=O)C(OC(C)=O)C(OC(C)=O)C2OC(C)=O)C(OC(C)=O)C(OC(C)=O)C1OC(C)=O. The molecule has 2 aliphatic heterocycles. The molecule has 3 aromatic rings. The number of benzene rings is 2. The largest absolute Gasteiger partial charge is 0.463 e. The first-order valence-electron chi connectivity index (χ1n) is 22.8. The van der Waals surface area contributed by atoms with Crippen LogP contribution in [0.4, 0.5) is 0 Å². The van der Waals surface area contributed by atoms with Crippen LogP contribution < -0.4 is 24.4 Å². The summed E-state index contributed by atoms with van der Waals surface area (Å²) in [7, 11) is 0. The molecule has 27 heteroatoms. The fraction of sp³-hybridized carbons (Fsp3) is 0.469. The molecule has 2 aromatic carbocycles. The first kappa shape index (κ1) is 58.6. The van der Waals surface area contributed by atoms with Crippen molar-refractivity contribution in [3.05, 3.63) is 46.1 Å². The Bertz CT molecular complexity index is 2860. The molecule has 1 aromatic heterocycles. The van der Waals surface area contributed by atoms with E-state index >= 15 is 0 Å². The molecule has 2 aliphatic rings. The van der Waals surface area contributed by atoms with E-state index < -0.39 is 174 Å². The quantitative estimate of drug-likeness (QED) is 0.106. The highest BCUT2D eigenvalue weighted by Gasteiger charge is 2.56. The smallest absolute Gasteiger partial charge is 0.308 e. The minimum Gasteiger partial charge on any atom is -0.463 e. The topological polar surface area (TPSA) is 347 Å². The van der Waals surface area contributed by atoms with Crippen LogP contribution in [-0.4, -0.2) is 134 Å². The van der Waals surface area contributed by atoms with Crippen LogP contribution in [-0.2, 0) is 100 Å². The Balaban J connectivity index is 1.77. The second-order valence-corrected chi connectivity index (χ2v) is 16.7. The highest BCUT2D eigenvalue weighted by Crippen LogP contribution is 2.48. The molecule has 10 atom stereocenters. The zero-order valence-electron chi connectivity index (χ0n) is 42.6. The lowest BCUT2D eigenvalue weighted by Crippen LogP contribution is -2.64. The van der Waals surface area contributed by atoms with Gasteiger partial charge in [0, 0.05) is 93.9 Å². The molecule has 76 heavy (non-hydrogen) atoms. The van der Waals surface area contributed by atoms with Crippen molar-refractivity contribution >= 4 is 76.6 Å². The normalized spacial score (nSPS) is 22.8. The summed E-state index contributed by atoms with van der Waals surface area (Å²) >= 11 is 0. The van der Waals surface area contributed by atoms with Crippen molar-refractivity contribution in [3.8, 4) is 34.3 Å². The molecular formula is C49H52O27. The molecule has 0 spiro atoms. The maximum atomic E-state index is 14.5. The summed E-state index contributed by atoms with van der Waals surface area (Å²) in [5.74, 6) is -12.6. The molecule has 10 unspecified atom stereocenters. The molecule has 0 amide bonds. The van der Waals surface area contributed by atoms with Gasteiger partial charge in [-0.1, -0.05) is 0 Å². The van der Waals surface area contributed by atoms with Crippen LogP contribution in [0.1, 0.15) is 87.8 Å². The number of rotatable bonds is 17. The number of fused-ring (bicyclic) bond motifs is 1. The van der Waals surface area contributed by atoms with Crippen molar-refractivity contribution in [1.82, 2.24) is 0 Å². The second-order valence-electron chi connectivity index (χ2n) is 16.7. The van der Waals surface area contributed by atoms with E-state index in [1.807, 2.05) is 0 Å². The van der Waals surface area contributed by atoms with E-state index in [1.54, 1.807) is 0 Å². The van der Waals surface area contributed by atoms with Crippen molar-refractivity contribution in [2.45, 2.75) is 137 Å². The summed E-state index contributed by atoms with van der Waals surface area (Å²) in [5.41, 5.74) is -1.89. The Morgan fingerprint density at radius 2 is 0.908 bits per heavy atom. The highest BCUT2D eigenvalue weighted by molar-refractivity contribution is 5.92. The minimum absolute atomic E-state index is 0.0593. The molecule has 0 saturated carbocycles. The lowest BCUT2D eigenvalue weighted by Gasteiger charge is -2.46. The summed E-state index contributed by atoms with van der Waals surface area (Å²) in [4.78, 5) is 153. The van der Waals surface area contributed by atoms with Crippen LogP contribution >= 0.6 is 0 Å². The third-order valence-electron chi connectivity index (χ3n) is 10.4. The van der Waals surface area contributed by atoms with E-state index in [4.69, 9.17) is 70.7 Å². The van der Waals surface area contributed by atoms with Crippen LogP contribution in [0.2, 0.25) is 0 Å². The Kier molecular flexibility index (Phi) is 19.5. The van der Waals surface area contributed by atoms with E-state index in [0.29, 0.717) is 0 Å². The van der Waals surface area contributed by atoms with E-state index in [2.05, 4.69) is 0 Å². The minimum atomic E-state index is -2.02. The summed E-state index contributed by atoms with van der Waals surface area (Å²) in [6.07, 6.45) is -18.1. The standard InChI is InChI=1S/C49H52O27/c1-19(50)62-17-38-42(68-24(6)55)46(71-27(9)58)48(73-29(11)60)49(76-38)63-18-37-41(67-23(5)54)45(70-26(8)57)47(72-28(10)59)44(75-37)40-36(66-22(4)53)16-35-39(43(40)69-25(7)56)31(61)15-33(74-35)30-12-13-32(64-20(2)51)34(14-30)65-21(3)52/h12-16,37-38,41-42,44-49H,17-18H2,1-11H3. The van der Waals surface area contributed by atoms with Gasteiger partial charge in [0.2, 0.25) is 0 Å². The van der Waals surface area contributed by atoms with Crippen LogP contribution in [0.15, 0.2) is 39.5 Å². The first-order valence-corrected chi connectivity index (χ1v) is 22.8. The summed E-state index contributed by atoms with van der Waals surface area (Å²) in [5, 5.41) is -0.539. The molecule has 27 nitrogen and oxygen atoms in total. The van der Waals surface area contributed by atoms with Gasteiger partial charge < -0.3 is 70.7 Å². The van der Waals surface area contributed by atoms with Crippen molar-refractivity contribution in [3.63, 3.8) is 0 Å².